The molecule has 0 saturated carbocycles. The fourth-order valence-electron chi connectivity index (χ4n) is 1.93. The minimum absolute atomic E-state index is 0.200. The number of benzene rings is 1. The lowest BCUT2D eigenvalue weighted by molar-refractivity contribution is -0.0902. The highest BCUT2D eigenvalue weighted by Crippen LogP contribution is 2.45. The van der Waals surface area contributed by atoms with Gasteiger partial charge in [-0.25, -0.2) is 9.18 Å². The van der Waals surface area contributed by atoms with Crippen LogP contribution in [0.1, 0.15) is 49.9 Å². The van der Waals surface area contributed by atoms with Crippen molar-refractivity contribution in [2.45, 2.75) is 45.2 Å². The maximum atomic E-state index is 13.6. The summed E-state index contributed by atoms with van der Waals surface area (Å²) in [6, 6.07) is 4.06. The van der Waals surface area contributed by atoms with Crippen LogP contribution in [0.25, 0.3) is 0 Å². The van der Waals surface area contributed by atoms with Crippen LogP contribution in [-0.4, -0.2) is 22.3 Å². The van der Waals surface area contributed by atoms with Gasteiger partial charge in [-0.2, -0.15) is 0 Å². The second-order valence-electron chi connectivity index (χ2n) is 5.60. The molecule has 1 saturated heterocycles. The third-order valence-electron chi connectivity index (χ3n) is 3.77. The van der Waals surface area contributed by atoms with Gasteiger partial charge in [0.2, 0.25) is 0 Å². The molecule has 4 nitrogen and oxygen atoms in total. The highest BCUT2D eigenvalue weighted by molar-refractivity contribution is 5.89. The highest BCUT2D eigenvalue weighted by Gasteiger charge is 2.50. The summed E-state index contributed by atoms with van der Waals surface area (Å²) < 4.78 is 25.1. The SMILES string of the molecule is CC1(C)OC(c2cccc(F)c2C(=O)O)OC1(C)C. The lowest BCUT2D eigenvalue weighted by atomic mass is 9.90. The van der Waals surface area contributed by atoms with Crippen LogP contribution >= 0.6 is 0 Å². The van der Waals surface area contributed by atoms with Crippen LogP contribution in [0.5, 0.6) is 0 Å². The Morgan fingerprint density at radius 1 is 1.21 bits per heavy atom. The van der Waals surface area contributed by atoms with Crippen LogP contribution < -0.4 is 0 Å². The number of halogens is 1. The molecule has 0 amide bonds. The van der Waals surface area contributed by atoms with Crippen LogP contribution in [0.3, 0.4) is 0 Å². The van der Waals surface area contributed by atoms with Crippen molar-refractivity contribution >= 4 is 5.97 Å². The number of rotatable bonds is 2. The third-order valence-corrected chi connectivity index (χ3v) is 3.77. The largest absolute Gasteiger partial charge is 0.478 e. The van der Waals surface area contributed by atoms with Gasteiger partial charge in [-0.05, 0) is 33.8 Å². The Labute approximate surface area is 111 Å². The van der Waals surface area contributed by atoms with E-state index >= 15 is 0 Å². The quantitative estimate of drug-likeness (QED) is 0.895. The van der Waals surface area contributed by atoms with Gasteiger partial charge >= 0.3 is 5.97 Å². The zero-order chi connectivity index (χ0) is 14.4. The molecule has 1 fully saturated rings. The molecule has 0 aliphatic carbocycles. The van der Waals surface area contributed by atoms with Crippen molar-refractivity contribution < 1.29 is 23.8 Å². The van der Waals surface area contributed by atoms with Crippen molar-refractivity contribution in [2.24, 2.45) is 0 Å². The zero-order valence-corrected chi connectivity index (χ0v) is 11.4. The Morgan fingerprint density at radius 2 is 1.74 bits per heavy atom. The second kappa shape index (κ2) is 4.28. The van der Waals surface area contributed by atoms with Gasteiger partial charge in [-0.15, -0.1) is 0 Å². The monoisotopic (exact) mass is 268 g/mol. The highest BCUT2D eigenvalue weighted by atomic mass is 19.1. The first kappa shape index (κ1) is 14.0. The predicted molar refractivity (Wildman–Crippen MR) is 66.4 cm³/mol. The van der Waals surface area contributed by atoms with Crippen molar-refractivity contribution in [1.29, 1.82) is 0 Å². The first-order valence-electron chi connectivity index (χ1n) is 6.03. The molecule has 0 radical (unpaired) electrons. The normalized spacial score (nSPS) is 21.5. The number of hydrogen-bond acceptors (Lipinski definition) is 3. The van der Waals surface area contributed by atoms with E-state index in [1.165, 1.54) is 12.1 Å². The van der Waals surface area contributed by atoms with Gasteiger partial charge in [0, 0.05) is 5.56 Å². The summed E-state index contributed by atoms with van der Waals surface area (Å²) in [7, 11) is 0. The standard InChI is InChI=1S/C14H17FO4/c1-13(2)14(3,4)19-12(18-13)8-6-5-7-9(15)10(8)11(16)17/h5-7,12H,1-4H3,(H,16,17). The number of ether oxygens (including phenoxy) is 2. The molecule has 1 N–H and O–H groups in total. The Bertz CT molecular complexity index is 506. The zero-order valence-electron chi connectivity index (χ0n) is 11.4. The first-order chi connectivity index (χ1) is 8.66. The number of aromatic carboxylic acids is 1. The number of carboxylic acid groups (broad SMARTS) is 1. The fourth-order valence-corrected chi connectivity index (χ4v) is 1.93. The van der Waals surface area contributed by atoms with E-state index in [0.29, 0.717) is 0 Å². The average Bonchev–Trinajstić information content (AvgIpc) is 2.47. The fraction of sp³-hybridized carbons (Fsp3) is 0.500. The molecule has 1 aliphatic heterocycles. The summed E-state index contributed by atoms with van der Waals surface area (Å²) in [6.45, 7) is 7.42. The summed E-state index contributed by atoms with van der Waals surface area (Å²) in [5, 5.41) is 9.12. The maximum absolute atomic E-state index is 13.6. The van der Waals surface area contributed by atoms with Crippen molar-refractivity contribution in [3.8, 4) is 0 Å². The molecule has 1 aliphatic rings. The minimum Gasteiger partial charge on any atom is -0.478 e. The molecule has 0 aromatic heterocycles. The second-order valence-corrected chi connectivity index (χ2v) is 5.60. The Balaban J connectivity index is 2.46. The molecule has 1 heterocycles. The smallest absolute Gasteiger partial charge is 0.339 e. The van der Waals surface area contributed by atoms with Crippen LogP contribution in [0, 0.1) is 5.82 Å². The molecule has 1 aromatic carbocycles. The molecule has 5 heteroatoms. The predicted octanol–water partition coefficient (Wildman–Crippen LogP) is 3.13. The topological polar surface area (TPSA) is 55.8 Å². The Hall–Kier alpha value is -1.46. The Kier molecular flexibility index (Phi) is 3.15. The molecular weight excluding hydrogens is 251 g/mol. The third kappa shape index (κ3) is 2.24. The van der Waals surface area contributed by atoms with Crippen molar-refractivity contribution in [3.63, 3.8) is 0 Å². The summed E-state index contributed by atoms with van der Waals surface area (Å²) in [5.41, 5.74) is -1.40. The van der Waals surface area contributed by atoms with Crippen LogP contribution in [0.15, 0.2) is 18.2 Å². The molecular formula is C14H17FO4. The molecule has 0 bridgehead atoms. The van der Waals surface area contributed by atoms with E-state index in [2.05, 4.69) is 0 Å². The molecule has 19 heavy (non-hydrogen) atoms. The van der Waals surface area contributed by atoms with E-state index in [0.717, 1.165) is 6.07 Å². The van der Waals surface area contributed by atoms with E-state index in [4.69, 9.17) is 14.6 Å². The summed E-state index contributed by atoms with van der Waals surface area (Å²) in [4.78, 5) is 11.2. The molecule has 0 spiro atoms. The van der Waals surface area contributed by atoms with Gasteiger partial charge in [-0.1, -0.05) is 12.1 Å². The number of carbonyl (C=O) groups is 1. The van der Waals surface area contributed by atoms with E-state index in [9.17, 15) is 9.18 Å². The first-order valence-corrected chi connectivity index (χ1v) is 6.03. The molecule has 2 rings (SSSR count). The molecule has 104 valence electrons. The summed E-state index contributed by atoms with van der Waals surface area (Å²) in [6.07, 6.45) is -0.883. The van der Waals surface area contributed by atoms with Crippen molar-refractivity contribution in [2.75, 3.05) is 0 Å². The average molecular weight is 268 g/mol. The van der Waals surface area contributed by atoms with E-state index in [-0.39, 0.29) is 5.56 Å². The van der Waals surface area contributed by atoms with Gasteiger partial charge in [-0.3, -0.25) is 0 Å². The summed E-state index contributed by atoms with van der Waals surface area (Å²) in [5.74, 6) is -2.12. The number of carboxylic acids is 1. The van der Waals surface area contributed by atoms with Crippen LogP contribution in [0.4, 0.5) is 4.39 Å². The van der Waals surface area contributed by atoms with Gasteiger partial charge in [0.1, 0.15) is 11.4 Å². The minimum atomic E-state index is -1.33. The van der Waals surface area contributed by atoms with E-state index in [1.807, 2.05) is 27.7 Å². The van der Waals surface area contributed by atoms with E-state index in [1.54, 1.807) is 0 Å². The molecule has 0 unspecified atom stereocenters. The van der Waals surface area contributed by atoms with Gasteiger partial charge in [0.05, 0.1) is 11.2 Å². The Morgan fingerprint density at radius 3 is 2.21 bits per heavy atom. The van der Waals surface area contributed by atoms with Gasteiger partial charge in [0.25, 0.3) is 0 Å². The van der Waals surface area contributed by atoms with Crippen LogP contribution in [-0.2, 0) is 9.47 Å². The van der Waals surface area contributed by atoms with Crippen molar-refractivity contribution in [1.82, 2.24) is 0 Å². The summed E-state index contributed by atoms with van der Waals surface area (Å²) >= 11 is 0. The lowest BCUT2D eigenvalue weighted by Crippen LogP contribution is -2.41. The van der Waals surface area contributed by atoms with Gasteiger partial charge in [0.15, 0.2) is 6.29 Å². The molecule has 1 aromatic rings. The molecule has 0 atom stereocenters. The van der Waals surface area contributed by atoms with Crippen molar-refractivity contribution in [3.05, 3.63) is 35.1 Å². The van der Waals surface area contributed by atoms with Crippen LogP contribution in [0.2, 0.25) is 0 Å². The lowest BCUT2D eigenvalue weighted by Gasteiger charge is -2.30. The maximum Gasteiger partial charge on any atom is 0.339 e. The van der Waals surface area contributed by atoms with Gasteiger partial charge < -0.3 is 14.6 Å². The number of hydrogen-bond donors (Lipinski definition) is 1. The van der Waals surface area contributed by atoms with E-state index < -0.39 is 34.8 Å².